The van der Waals surface area contributed by atoms with Crippen molar-refractivity contribution in [3.8, 4) is 10.8 Å². The number of hydrogen-bond acceptors (Lipinski definition) is 5. The molecule has 0 bridgehead atoms. The summed E-state index contributed by atoms with van der Waals surface area (Å²) in [5.74, 6) is 1.38. The number of thiophene rings is 1. The molecule has 0 aliphatic carbocycles. The van der Waals surface area contributed by atoms with Gasteiger partial charge in [-0.2, -0.15) is 0 Å². The van der Waals surface area contributed by atoms with Gasteiger partial charge in [-0.05, 0) is 45.0 Å². The molecule has 0 saturated carbocycles. The second-order valence-corrected chi connectivity index (χ2v) is 5.56. The van der Waals surface area contributed by atoms with Crippen molar-refractivity contribution in [3.05, 3.63) is 22.4 Å². The van der Waals surface area contributed by atoms with Crippen LogP contribution in [0.25, 0.3) is 10.8 Å². The van der Waals surface area contributed by atoms with E-state index in [4.69, 9.17) is 4.42 Å². The molecule has 18 heavy (non-hydrogen) atoms. The van der Waals surface area contributed by atoms with Crippen LogP contribution in [0.4, 0.5) is 0 Å². The molecule has 0 unspecified atom stereocenters. The molecular weight excluding hydrogens is 246 g/mol. The molecule has 0 aromatic carbocycles. The molecule has 0 aliphatic rings. The van der Waals surface area contributed by atoms with Crippen molar-refractivity contribution < 1.29 is 4.42 Å². The van der Waals surface area contributed by atoms with Crippen LogP contribution < -0.4 is 5.32 Å². The lowest BCUT2D eigenvalue weighted by Crippen LogP contribution is -2.14. The first kappa shape index (κ1) is 13.2. The average Bonchev–Trinajstić information content (AvgIpc) is 2.93. The second kappa shape index (κ2) is 6.11. The highest BCUT2D eigenvalue weighted by atomic mass is 32.1. The molecular formula is C13H19N3OS. The van der Waals surface area contributed by atoms with Crippen LogP contribution in [-0.2, 0) is 6.42 Å². The maximum absolute atomic E-state index is 5.68. The van der Waals surface area contributed by atoms with E-state index in [0.29, 0.717) is 5.89 Å². The average molecular weight is 265 g/mol. The van der Waals surface area contributed by atoms with Crippen LogP contribution in [0, 0.1) is 13.8 Å². The first-order chi connectivity index (χ1) is 8.70. The van der Waals surface area contributed by atoms with Crippen molar-refractivity contribution >= 4 is 11.3 Å². The Balaban J connectivity index is 1.97. The molecule has 5 heteroatoms. The van der Waals surface area contributed by atoms with Crippen molar-refractivity contribution in [2.24, 2.45) is 0 Å². The fraction of sp³-hybridized carbons (Fsp3) is 0.538. The van der Waals surface area contributed by atoms with Crippen molar-refractivity contribution in [2.45, 2.75) is 33.6 Å². The highest BCUT2D eigenvalue weighted by Crippen LogP contribution is 2.29. The molecule has 0 fully saturated rings. The fourth-order valence-electron chi connectivity index (χ4n) is 1.67. The van der Waals surface area contributed by atoms with Gasteiger partial charge < -0.3 is 9.73 Å². The normalized spacial score (nSPS) is 11.1. The summed E-state index contributed by atoms with van der Waals surface area (Å²) in [5, 5.41) is 11.5. The smallest absolute Gasteiger partial charge is 0.257 e. The number of nitrogens with zero attached hydrogens (tertiary/aromatic N) is 2. The third kappa shape index (κ3) is 3.17. The topological polar surface area (TPSA) is 51.0 Å². The largest absolute Gasteiger partial charge is 0.420 e. The maximum Gasteiger partial charge on any atom is 0.257 e. The SMILES string of the molecule is CCNCCCc1nnc(-c2cc(C)c(C)s2)o1. The van der Waals surface area contributed by atoms with Gasteiger partial charge in [-0.1, -0.05) is 6.92 Å². The van der Waals surface area contributed by atoms with Gasteiger partial charge in [0.15, 0.2) is 0 Å². The zero-order chi connectivity index (χ0) is 13.0. The summed E-state index contributed by atoms with van der Waals surface area (Å²) in [6, 6.07) is 2.11. The van der Waals surface area contributed by atoms with E-state index in [-0.39, 0.29) is 0 Å². The first-order valence-corrected chi connectivity index (χ1v) is 7.13. The van der Waals surface area contributed by atoms with Crippen LogP contribution >= 0.6 is 11.3 Å². The Labute approximate surface area is 111 Å². The highest BCUT2D eigenvalue weighted by Gasteiger charge is 2.11. The molecule has 0 radical (unpaired) electrons. The predicted octanol–water partition coefficient (Wildman–Crippen LogP) is 2.96. The number of nitrogens with one attached hydrogen (secondary N) is 1. The van der Waals surface area contributed by atoms with Gasteiger partial charge in [-0.15, -0.1) is 21.5 Å². The minimum absolute atomic E-state index is 0.648. The summed E-state index contributed by atoms with van der Waals surface area (Å²) in [7, 11) is 0. The van der Waals surface area contributed by atoms with E-state index < -0.39 is 0 Å². The Bertz CT molecular complexity index is 485. The molecule has 4 nitrogen and oxygen atoms in total. The number of aryl methyl sites for hydroxylation is 3. The van der Waals surface area contributed by atoms with Gasteiger partial charge >= 0.3 is 0 Å². The third-order valence-electron chi connectivity index (χ3n) is 2.84. The lowest BCUT2D eigenvalue weighted by Gasteiger charge is -1.97. The van der Waals surface area contributed by atoms with Crippen LogP contribution in [-0.4, -0.2) is 23.3 Å². The summed E-state index contributed by atoms with van der Waals surface area (Å²) in [5.41, 5.74) is 1.28. The Kier molecular flexibility index (Phi) is 4.49. The van der Waals surface area contributed by atoms with E-state index in [1.165, 1.54) is 10.4 Å². The first-order valence-electron chi connectivity index (χ1n) is 6.31. The zero-order valence-corrected chi connectivity index (χ0v) is 11.9. The summed E-state index contributed by atoms with van der Waals surface area (Å²) in [6.45, 7) is 8.31. The molecule has 0 spiro atoms. The minimum atomic E-state index is 0.648. The summed E-state index contributed by atoms with van der Waals surface area (Å²) in [6.07, 6.45) is 1.86. The molecule has 0 atom stereocenters. The van der Waals surface area contributed by atoms with Crippen LogP contribution in [0.5, 0.6) is 0 Å². The molecule has 2 rings (SSSR count). The van der Waals surface area contributed by atoms with Gasteiger partial charge in [0.25, 0.3) is 5.89 Å². The monoisotopic (exact) mass is 265 g/mol. The minimum Gasteiger partial charge on any atom is -0.420 e. The van der Waals surface area contributed by atoms with Gasteiger partial charge in [0, 0.05) is 11.3 Å². The van der Waals surface area contributed by atoms with E-state index in [9.17, 15) is 0 Å². The van der Waals surface area contributed by atoms with E-state index in [2.05, 4.69) is 42.4 Å². The molecule has 2 aromatic rings. The van der Waals surface area contributed by atoms with Gasteiger partial charge in [0.1, 0.15) is 0 Å². The molecule has 0 saturated heterocycles. The molecule has 0 aliphatic heterocycles. The van der Waals surface area contributed by atoms with Crippen molar-refractivity contribution in [3.63, 3.8) is 0 Å². The van der Waals surface area contributed by atoms with Crippen molar-refractivity contribution in [2.75, 3.05) is 13.1 Å². The molecule has 2 heterocycles. The summed E-state index contributed by atoms with van der Waals surface area (Å²) in [4.78, 5) is 2.37. The third-order valence-corrected chi connectivity index (χ3v) is 3.98. The van der Waals surface area contributed by atoms with E-state index in [0.717, 1.165) is 36.7 Å². The Morgan fingerprint density at radius 2 is 2.17 bits per heavy atom. The second-order valence-electron chi connectivity index (χ2n) is 4.31. The summed E-state index contributed by atoms with van der Waals surface area (Å²) >= 11 is 1.70. The lowest BCUT2D eigenvalue weighted by atomic mass is 10.3. The van der Waals surface area contributed by atoms with Crippen LogP contribution in [0.15, 0.2) is 10.5 Å². The van der Waals surface area contributed by atoms with Crippen LogP contribution in [0.3, 0.4) is 0 Å². The Hall–Kier alpha value is -1.20. The Morgan fingerprint density at radius 3 is 2.83 bits per heavy atom. The van der Waals surface area contributed by atoms with Crippen molar-refractivity contribution in [1.29, 1.82) is 0 Å². The van der Waals surface area contributed by atoms with Crippen LogP contribution in [0.1, 0.15) is 29.7 Å². The van der Waals surface area contributed by atoms with Gasteiger partial charge in [0.05, 0.1) is 4.88 Å². The van der Waals surface area contributed by atoms with Gasteiger partial charge in [-0.3, -0.25) is 0 Å². The Morgan fingerprint density at radius 1 is 1.33 bits per heavy atom. The summed E-state index contributed by atoms with van der Waals surface area (Å²) < 4.78 is 5.68. The predicted molar refractivity (Wildman–Crippen MR) is 73.9 cm³/mol. The highest BCUT2D eigenvalue weighted by molar-refractivity contribution is 7.15. The number of rotatable bonds is 6. The lowest BCUT2D eigenvalue weighted by molar-refractivity contribution is 0.493. The van der Waals surface area contributed by atoms with Gasteiger partial charge in [-0.25, -0.2) is 0 Å². The van der Waals surface area contributed by atoms with Crippen LogP contribution in [0.2, 0.25) is 0 Å². The standard InChI is InChI=1S/C13H19N3OS/c1-4-14-7-5-6-12-15-16-13(17-12)11-8-9(2)10(3)18-11/h8,14H,4-7H2,1-3H3. The molecule has 0 amide bonds. The fourth-order valence-corrected chi connectivity index (χ4v) is 2.63. The molecule has 1 N–H and O–H groups in total. The number of hydrogen-bond donors (Lipinski definition) is 1. The molecule has 98 valence electrons. The quantitative estimate of drug-likeness (QED) is 0.816. The zero-order valence-electron chi connectivity index (χ0n) is 11.1. The maximum atomic E-state index is 5.68. The van der Waals surface area contributed by atoms with Crippen molar-refractivity contribution in [1.82, 2.24) is 15.5 Å². The van der Waals surface area contributed by atoms with E-state index >= 15 is 0 Å². The van der Waals surface area contributed by atoms with E-state index in [1.54, 1.807) is 11.3 Å². The number of aromatic nitrogens is 2. The molecule has 2 aromatic heterocycles. The van der Waals surface area contributed by atoms with E-state index in [1.807, 2.05) is 0 Å². The van der Waals surface area contributed by atoms with Gasteiger partial charge in [0.2, 0.25) is 5.89 Å².